The average molecular weight is 558 g/mol. The van der Waals surface area contributed by atoms with Gasteiger partial charge in [0.1, 0.15) is 18.4 Å². The molecule has 5 rings (SSSR count). The number of amides is 1. The smallest absolute Gasteiger partial charge is 0.415 e. The summed E-state index contributed by atoms with van der Waals surface area (Å²) in [6, 6.07) is 14.7. The summed E-state index contributed by atoms with van der Waals surface area (Å²) in [4.78, 5) is 23.2. The first-order valence-electron chi connectivity index (χ1n) is 12.9. The van der Waals surface area contributed by atoms with Gasteiger partial charge in [0.2, 0.25) is 0 Å². The molecule has 1 amide bonds. The standard InChI is InChI=1S/C30H28ClN5O4/c1-19-7-6-10-33-26(19)18-39-21-8-9-24(23(31)13-21)35-29-20(16-32)17-34-25-15-28(27(38-2)14-22(25)29)40-30(37)36-11-4-3-5-12-36/h6-10,13-15,17H,3-5,11-12,18H2,1-2H3,(H,34,35). The number of aromatic nitrogens is 2. The number of rotatable bonds is 7. The second-order valence-corrected chi connectivity index (χ2v) is 9.82. The summed E-state index contributed by atoms with van der Waals surface area (Å²) >= 11 is 6.61. The van der Waals surface area contributed by atoms with Crippen molar-refractivity contribution in [3.8, 4) is 23.3 Å². The lowest BCUT2D eigenvalue weighted by atomic mass is 10.1. The molecule has 1 N–H and O–H groups in total. The van der Waals surface area contributed by atoms with E-state index < -0.39 is 6.09 Å². The zero-order valence-corrected chi connectivity index (χ0v) is 23.0. The predicted octanol–water partition coefficient (Wildman–Crippen LogP) is 6.78. The molecule has 0 atom stereocenters. The van der Waals surface area contributed by atoms with Crippen LogP contribution in [0.3, 0.4) is 0 Å². The molecule has 1 aliphatic heterocycles. The minimum atomic E-state index is -0.420. The Balaban J connectivity index is 1.41. The molecule has 1 saturated heterocycles. The molecule has 9 nitrogen and oxygen atoms in total. The molecule has 1 fully saturated rings. The van der Waals surface area contributed by atoms with Gasteiger partial charge in [-0.05, 0) is 56.0 Å². The number of hydrogen-bond donors (Lipinski definition) is 1. The van der Waals surface area contributed by atoms with Crippen LogP contribution in [0.4, 0.5) is 16.2 Å². The molecule has 40 heavy (non-hydrogen) atoms. The van der Waals surface area contributed by atoms with Gasteiger partial charge in [0.15, 0.2) is 11.5 Å². The van der Waals surface area contributed by atoms with E-state index in [1.807, 2.05) is 19.1 Å². The van der Waals surface area contributed by atoms with Gasteiger partial charge in [0, 0.05) is 43.0 Å². The van der Waals surface area contributed by atoms with Crippen molar-refractivity contribution in [2.45, 2.75) is 32.8 Å². The normalized spacial score (nSPS) is 13.0. The highest BCUT2D eigenvalue weighted by atomic mass is 35.5. The highest BCUT2D eigenvalue weighted by molar-refractivity contribution is 6.33. The highest BCUT2D eigenvalue weighted by Crippen LogP contribution is 2.39. The van der Waals surface area contributed by atoms with Crippen molar-refractivity contribution < 1.29 is 19.0 Å². The van der Waals surface area contributed by atoms with Crippen LogP contribution in [0.25, 0.3) is 10.9 Å². The van der Waals surface area contributed by atoms with Crippen LogP contribution in [0.15, 0.2) is 54.9 Å². The van der Waals surface area contributed by atoms with Gasteiger partial charge in [-0.2, -0.15) is 5.26 Å². The van der Waals surface area contributed by atoms with Crippen molar-refractivity contribution in [3.05, 3.63) is 76.7 Å². The number of nitriles is 1. The minimum absolute atomic E-state index is 0.261. The molecule has 0 spiro atoms. The molecule has 10 heteroatoms. The number of benzene rings is 2. The molecule has 0 bridgehead atoms. The molecule has 0 unspecified atom stereocenters. The van der Waals surface area contributed by atoms with Gasteiger partial charge in [-0.3, -0.25) is 9.97 Å². The fourth-order valence-electron chi connectivity index (χ4n) is 4.54. The molecular formula is C30H28ClN5O4. The Labute approximate surface area is 237 Å². The van der Waals surface area contributed by atoms with E-state index in [9.17, 15) is 10.1 Å². The van der Waals surface area contributed by atoms with E-state index in [2.05, 4.69) is 21.4 Å². The van der Waals surface area contributed by atoms with Crippen LogP contribution >= 0.6 is 11.6 Å². The molecule has 0 radical (unpaired) electrons. The number of methoxy groups -OCH3 is 1. The van der Waals surface area contributed by atoms with E-state index in [0.29, 0.717) is 64.1 Å². The van der Waals surface area contributed by atoms with Crippen LogP contribution in [0.1, 0.15) is 36.1 Å². The van der Waals surface area contributed by atoms with Crippen molar-refractivity contribution >= 4 is 40.0 Å². The number of pyridine rings is 2. The maximum Gasteiger partial charge on any atom is 0.415 e. The Morgan fingerprint density at radius 1 is 1.12 bits per heavy atom. The number of carbonyl (C=O) groups excluding carboxylic acids is 1. The van der Waals surface area contributed by atoms with Crippen molar-refractivity contribution in [3.63, 3.8) is 0 Å². The van der Waals surface area contributed by atoms with Crippen LogP contribution in [0.5, 0.6) is 17.2 Å². The van der Waals surface area contributed by atoms with Gasteiger partial charge < -0.3 is 24.4 Å². The van der Waals surface area contributed by atoms with Gasteiger partial charge in [-0.1, -0.05) is 17.7 Å². The fourth-order valence-corrected chi connectivity index (χ4v) is 4.75. The lowest BCUT2D eigenvalue weighted by Crippen LogP contribution is -2.37. The lowest BCUT2D eigenvalue weighted by molar-refractivity contribution is 0.141. The van der Waals surface area contributed by atoms with Gasteiger partial charge in [-0.25, -0.2) is 4.79 Å². The number of ether oxygens (including phenoxy) is 3. The van der Waals surface area contributed by atoms with E-state index >= 15 is 0 Å². The number of anilines is 2. The first-order valence-corrected chi connectivity index (χ1v) is 13.3. The van der Waals surface area contributed by atoms with Crippen LogP contribution < -0.4 is 19.5 Å². The summed E-state index contributed by atoms with van der Waals surface area (Å²) < 4.78 is 17.1. The molecule has 204 valence electrons. The number of fused-ring (bicyclic) bond motifs is 1. The van der Waals surface area contributed by atoms with Gasteiger partial charge in [0.25, 0.3) is 0 Å². The maximum absolute atomic E-state index is 12.7. The summed E-state index contributed by atoms with van der Waals surface area (Å²) in [5.74, 6) is 1.19. The topological polar surface area (TPSA) is 110 Å². The van der Waals surface area contributed by atoms with E-state index in [0.717, 1.165) is 30.5 Å². The molecule has 0 saturated carbocycles. The number of nitrogens with zero attached hydrogens (tertiary/aromatic N) is 4. The Morgan fingerprint density at radius 2 is 1.95 bits per heavy atom. The van der Waals surface area contributed by atoms with Crippen LogP contribution in [-0.2, 0) is 6.61 Å². The molecule has 2 aromatic heterocycles. The molecule has 2 aromatic carbocycles. The van der Waals surface area contributed by atoms with Gasteiger partial charge in [-0.15, -0.1) is 0 Å². The lowest BCUT2D eigenvalue weighted by Gasteiger charge is -2.26. The molecular weight excluding hydrogens is 530 g/mol. The van der Waals surface area contributed by atoms with E-state index in [4.69, 9.17) is 25.8 Å². The zero-order valence-electron chi connectivity index (χ0n) is 22.2. The number of likely N-dealkylation sites (tertiary alicyclic amines) is 1. The summed E-state index contributed by atoms with van der Waals surface area (Å²) in [7, 11) is 1.50. The summed E-state index contributed by atoms with van der Waals surface area (Å²) in [5, 5.41) is 14.1. The van der Waals surface area contributed by atoms with Crippen molar-refractivity contribution in [2.24, 2.45) is 0 Å². The van der Waals surface area contributed by atoms with Crippen molar-refractivity contribution in [1.29, 1.82) is 5.26 Å². The Kier molecular flexibility index (Phi) is 8.18. The SMILES string of the molecule is COc1cc2c(Nc3ccc(OCc4ncccc4C)cc3Cl)c(C#N)cnc2cc1OC(=O)N1CCCCC1. The first-order chi connectivity index (χ1) is 19.5. The zero-order chi connectivity index (χ0) is 28.1. The quantitative estimate of drug-likeness (QED) is 0.265. The van der Waals surface area contributed by atoms with E-state index in [-0.39, 0.29) is 5.75 Å². The number of hydrogen-bond acceptors (Lipinski definition) is 8. The first kappa shape index (κ1) is 27.0. The van der Waals surface area contributed by atoms with Crippen LogP contribution in [-0.4, -0.2) is 41.2 Å². The number of aryl methyl sites for hydroxylation is 1. The second-order valence-electron chi connectivity index (χ2n) is 9.42. The van der Waals surface area contributed by atoms with Crippen LogP contribution in [0, 0.1) is 18.3 Å². The number of nitrogens with one attached hydrogen (secondary N) is 1. The van der Waals surface area contributed by atoms with Gasteiger partial charge >= 0.3 is 6.09 Å². The fraction of sp³-hybridized carbons (Fsp3) is 0.267. The summed E-state index contributed by atoms with van der Waals surface area (Å²) in [6.45, 7) is 3.63. The van der Waals surface area contributed by atoms with E-state index in [1.54, 1.807) is 41.4 Å². The Hall–Kier alpha value is -4.55. The third kappa shape index (κ3) is 5.87. The van der Waals surface area contributed by atoms with Gasteiger partial charge in [0.05, 0.1) is 40.3 Å². The monoisotopic (exact) mass is 557 g/mol. The Bertz CT molecular complexity index is 1600. The third-order valence-corrected chi connectivity index (χ3v) is 7.09. The summed E-state index contributed by atoms with van der Waals surface area (Å²) in [5.41, 5.74) is 3.80. The Morgan fingerprint density at radius 3 is 2.67 bits per heavy atom. The number of piperidine rings is 1. The maximum atomic E-state index is 12.7. The van der Waals surface area contributed by atoms with Crippen molar-refractivity contribution in [1.82, 2.24) is 14.9 Å². The number of halogens is 1. The number of carbonyl (C=O) groups is 1. The van der Waals surface area contributed by atoms with E-state index in [1.165, 1.54) is 13.3 Å². The molecule has 0 aliphatic carbocycles. The summed E-state index contributed by atoms with van der Waals surface area (Å²) in [6.07, 6.45) is 5.79. The molecule has 4 aromatic rings. The highest BCUT2D eigenvalue weighted by Gasteiger charge is 2.22. The largest absolute Gasteiger partial charge is 0.493 e. The van der Waals surface area contributed by atoms with Crippen LogP contribution in [0.2, 0.25) is 5.02 Å². The van der Waals surface area contributed by atoms with Crippen molar-refractivity contribution in [2.75, 3.05) is 25.5 Å². The molecule has 1 aliphatic rings. The minimum Gasteiger partial charge on any atom is -0.493 e. The second kappa shape index (κ2) is 12.1. The third-order valence-electron chi connectivity index (χ3n) is 6.78. The average Bonchev–Trinajstić information content (AvgIpc) is 2.98. The molecule has 3 heterocycles. The predicted molar refractivity (Wildman–Crippen MR) is 152 cm³/mol.